The van der Waals surface area contributed by atoms with Crippen LogP contribution < -0.4 is 5.73 Å². The summed E-state index contributed by atoms with van der Waals surface area (Å²) in [5, 5.41) is 0. The van der Waals surface area contributed by atoms with Gasteiger partial charge in [-0.2, -0.15) is 13.2 Å². The predicted octanol–water partition coefficient (Wildman–Crippen LogP) is 3.54. The molecule has 0 unspecified atom stereocenters. The van der Waals surface area contributed by atoms with Crippen molar-refractivity contribution in [2.75, 3.05) is 0 Å². The molecule has 1 aromatic rings. The second kappa shape index (κ2) is 5.37. The van der Waals surface area contributed by atoms with Gasteiger partial charge in [0, 0.05) is 6.04 Å². The van der Waals surface area contributed by atoms with Crippen LogP contribution >= 0.6 is 12.4 Å². The lowest BCUT2D eigenvalue weighted by molar-refractivity contribution is -0.138. The van der Waals surface area contributed by atoms with Crippen molar-refractivity contribution >= 4 is 12.4 Å². The fraction of sp³-hybridized carbons (Fsp3) is 0.400. The highest BCUT2D eigenvalue weighted by molar-refractivity contribution is 5.85. The zero-order valence-electron chi connectivity index (χ0n) is 8.21. The van der Waals surface area contributed by atoms with Gasteiger partial charge in [0.1, 0.15) is 0 Å². The third-order valence-corrected chi connectivity index (χ3v) is 2.11. The zero-order chi connectivity index (χ0) is 10.8. The summed E-state index contributed by atoms with van der Waals surface area (Å²) in [4.78, 5) is 0. The normalized spacial score (nSPS) is 13.1. The molecule has 0 amide bonds. The summed E-state index contributed by atoms with van der Waals surface area (Å²) in [6.07, 6.45) is -3.82. The van der Waals surface area contributed by atoms with E-state index in [1.807, 2.05) is 0 Å². The van der Waals surface area contributed by atoms with Gasteiger partial charge in [0.25, 0.3) is 0 Å². The molecule has 0 heterocycles. The van der Waals surface area contributed by atoms with Crippen LogP contribution in [0.1, 0.15) is 30.5 Å². The number of nitrogens with two attached hydrogens (primary N) is 1. The van der Waals surface area contributed by atoms with Gasteiger partial charge >= 0.3 is 6.18 Å². The highest BCUT2D eigenvalue weighted by atomic mass is 35.5. The molecule has 0 bridgehead atoms. The Bertz CT molecular complexity index is 312. The van der Waals surface area contributed by atoms with Crippen LogP contribution in [0.25, 0.3) is 0 Å². The van der Waals surface area contributed by atoms with Gasteiger partial charge in [-0.1, -0.05) is 25.1 Å². The number of halogens is 4. The van der Waals surface area contributed by atoms with E-state index in [1.54, 1.807) is 13.0 Å². The minimum absolute atomic E-state index is 0. The Balaban J connectivity index is 0.00000196. The molecule has 0 spiro atoms. The maximum Gasteiger partial charge on any atom is 0.416 e. The van der Waals surface area contributed by atoms with Crippen molar-refractivity contribution in [1.29, 1.82) is 0 Å². The summed E-state index contributed by atoms with van der Waals surface area (Å²) >= 11 is 0. The van der Waals surface area contributed by atoms with Crippen LogP contribution in [0, 0.1) is 0 Å². The molecule has 1 atom stereocenters. The lowest BCUT2D eigenvalue weighted by Crippen LogP contribution is -2.16. The van der Waals surface area contributed by atoms with Crippen LogP contribution in [-0.2, 0) is 6.18 Å². The highest BCUT2D eigenvalue weighted by Crippen LogP contribution is 2.34. The molecule has 0 saturated heterocycles. The largest absolute Gasteiger partial charge is 0.416 e. The van der Waals surface area contributed by atoms with E-state index in [2.05, 4.69) is 0 Å². The molecule has 15 heavy (non-hydrogen) atoms. The SMILES string of the molecule is CC[C@@H](N)c1ccccc1C(F)(F)F.Cl. The first-order valence-corrected chi connectivity index (χ1v) is 4.38. The number of hydrogen-bond donors (Lipinski definition) is 1. The third-order valence-electron chi connectivity index (χ3n) is 2.11. The van der Waals surface area contributed by atoms with Crippen LogP contribution in [-0.4, -0.2) is 0 Å². The average Bonchev–Trinajstić information content (AvgIpc) is 2.15. The first kappa shape index (κ1) is 14.3. The number of alkyl halides is 3. The van der Waals surface area contributed by atoms with Crippen molar-refractivity contribution < 1.29 is 13.2 Å². The van der Waals surface area contributed by atoms with Crippen molar-refractivity contribution in [3.63, 3.8) is 0 Å². The number of hydrogen-bond acceptors (Lipinski definition) is 1. The molecule has 5 heteroatoms. The van der Waals surface area contributed by atoms with Crippen LogP contribution in [0.3, 0.4) is 0 Å². The smallest absolute Gasteiger partial charge is 0.324 e. The molecular formula is C10H13ClF3N. The third kappa shape index (κ3) is 3.39. The fourth-order valence-electron chi connectivity index (χ4n) is 1.30. The molecule has 2 N–H and O–H groups in total. The molecule has 0 aliphatic heterocycles. The predicted molar refractivity (Wildman–Crippen MR) is 55.9 cm³/mol. The molecule has 0 aliphatic rings. The molecule has 86 valence electrons. The summed E-state index contributed by atoms with van der Waals surface area (Å²) < 4.78 is 37.5. The Morgan fingerprint density at radius 2 is 1.80 bits per heavy atom. The van der Waals surface area contributed by atoms with Crippen molar-refractivity contribution in [3.8, 4) is 0 Å². The van der Waals surface area contributed by atoms with Crippen molar-refractivity contribution in [1.82, 2.24) is 0 Å². The molecule has 0 aromatic heterocycles. The van der Waals surface area contributed by atoms with E-state index in [0.29, 0.717) is 6.42 Å². The molecule has 0 aliphatic carbocycles. The maximum atomic E-state index is 12.5. The monoisotopic (exact) mass is 239 g/mol. The second-order valence-corrected chi connectivity index (χ2v) is 3.10. The average molecular weight is 240 g/mol. The molecular weight excluding hydrogens is 227 g/mol. The lowest BCUT2D eigenvalue weighted by Gasteiger charge is -2.16. The quantitative estimate of drug-likeness (QED) is 0.839. The first-order valence-electron chi connectivity index (χ1n) is 4.38. The summed E-state index contributed by atoms with van der Waals surface area (Å²) in [6.45, 7) is 1.76. The standard InChI is InChI=1S/C10H12F3N.ClH/c1-2-9(14)7-5-3-4-6-8(7)10(11,12)13;/h3-6,9H,2,14H2,1H3;1H/t9-;/m1./s1. The van der Waals surface area contributed by atoms with E-state index in [0.717, 1.165) is 6.07 Å². The van der Waals surface area contributed by atoms with Crippen LogP contribution in [0.5, 0.6) is 0 Å². The van der Waals surface area contributed by atoms with Gasteiger partial charge in [-0.3, -0.25) is 0 Å². The van der Waals surface area contributed by atoms with E-state index in [4.69, 9.17) is 5.73 Å². The topological polar surface area (TPSA) is 26.0 Å². The fourth-order valence-corrected chi connectivity index (χ4v) is 1.30. The number of benzene rings is 1. The summed E-state index contributed by atoms with van der Waals surface area (Å²) in [7, 11) is 0. The Morgan fingerprint density at radius 3 is 2.27 bits per heavy atom. The Labute approximate surface area is 92.9 Å². The van der Waals surface area contributed by atoms with E-state index >= 15 is 0 Å². The summed E-state index contributed by atoms with van der Waals surface area (Å²) in [6, 6.07) is 4.88. The molecule has 0 fully saturated rings. The Morgan fingerprint density at radius 1 is 1.27 bits per heavy atom. The maximum absolute atomic E-state index is 12.5. The van der Waals surface area contributed by atoms with E-state index in [-0.39, 0.29) is 18.0 Å². The van der Waals surface area contributed by atoms with Crippen molar-refractivity contribution in [2.24, 2.45) is 5.73 Å². The first-order chi connectivity index (χ1) is 6.46. The Kier molecular flexibility index (Phi) is 5.11. The van der Waals surface area contributed by atoms with Gasteiger partial charge in [-0.05, 0) is 18.1 Å². The minimum atomic E-state index is -4.32. The van der Waals surface area contributed by atoms with E-state index in [9.17, 15) is 13.2 Å². The molecule has 1 aromatic carbocycles. The highest BCUT2D eigenvalue weighted by Gasteiger charge is 2.33. The van der Waals surface area contributed by atoms with Crippen LogP contribution in [0.2, 0.25) is 0 Å². The van der Waals surface area contributed by atoms with Crippen molar-refractivity contribution in [2.45, 2.75) is 25.6 Å². The van der Waals surface area contributed by atoms with E-state index in [1.165, 1.54) is 12.1 Å². The molecule has 0 radical (unpaired) electrons. The Hall–Kier alpha value is -0.740. The summed E-state index contributed by atoms with van der Waals surface area (Å²) in [5.74, 6) is 0. The van der Waals surface area contributed by atoms with Gasteiger partial charge in [-0.15, -0.1) is 12.4 Å². The second-order valence-electron chi connectivity index (χ2n) is 3.10. The molecule has 1 nitrogen and oxygen atoms in total. The van der Waals surface area contributed by atoms with Crippen LogP contribution in [0.15, 0.2) is 24.3 Å². The van der Waals surface area contributed by atoms with E-state index < -0.39 is 17.8 Å². The van der Waals surface area contributed by atoms with Gasteiger partial charge in [0.15, 0.2) is 0 Å². The lowest BCUT2D eigenvalue weighted by atomic mass is 9.99. The molecule has 1 rings (SSSR count). The molecule has 0 saturated carbocycles. The summed E-state index contributed by atoms with van der Waals surface area (Å²) in [5.41, 5.74) is 5.13. The number of rotatable bonds is 2. The minimum Gasteiger partial charge on any atom is -0.324 e. The van der Waals surface area contributed by atoms with Gasteiger partial charge < -0.3 is 5.73 Å². The van der Waals surface area contributed by atoms with Gasteiger partial charge in [0.2, 0.25) is 0 Å². The zero-order valence-corrected chi connectivity index (χ0v) is 9.03. The van der Waals surface area contributed by atoms with Crippen molar-refractivity contribution in [3.05, 3.63) is 35.4 Å². The van der Waals surface area contributed by atoms with Crippen LogP contribution in [0.4, 0.5) is 13.2 Å². The van der Waals surface area contributed by atoms with Gasteiger partial charge in [0.05, 0.1) is 5.56 Å². The van der Waals surface area contributed by atoms with Gasteiger partial charge in [-0.25, -0.2) is 0 Å².